The van der Waals surface area contributed by atoms with E-state index < -0.39 is 0 Å². The van der Waals surface area contributed by atoms with E-state index in [4.69, 9.17) is 14.5 Å². The van der Waals surface area contributed by atoms with Gasteiger partial charge in [-0.05, 0) is 31.9 Å². The molecule has 134 valence electrons. The molecule has 2 aliphatic heterocycles. The van der Waals surface area contributed by atoms with Crippen LogP contribution < -0.4 is 14.8 Å². The van der Waals surface area contributed by atoms with Gasteiger partial charge in [0.25, 0.3) is 0 Å². The van der Waals surface area contributed by atoms with Crippen LogP contribution in [0.25, 0.3) is 0 Å². The van der Waals surface area contributed by atoms with Crippen LogP contribution in [0.5, 0.6) is 11.5 Å². The van der Waals surface area contributed by atoms with Crippen molar-refractivity contribution in [2.24, 2.45) is 0 Å². The summed E-state index contributed by atoms with van der Waals surface area (Å²) >= 11 is 0. The molecule has 1 N–H and O–H groups in total. The molecule has 0 fully saturated rings. The highest BCUT2D eigenvalue weighted by Gasteiger charge is 2.21. The summed E-state index contributed by atoms with van der Waals surface area (Å²) in [6, 6.07) is 4.25. The second-order valence-corrected chi connectivity index (χ2v) is 7.13. The molecular weight excluding hydrogens is 314 g/mol. The molecule has 25 heavy (non-hydrogen) atoms. The van der Waals surface area contributed by atoms with E-state index in [0.717, 1.165) is 56.0 Å². The minimum atomic E-state index is 0.259. The fourth-order valence-corrected chi connectivity index (χ4v) is 3.84. The largest absolute Gasteiger partial charge is 0.496 e. The predicted octanol–water partition coefficient (Wildman–Crippen LogP) is 2.88. The minimum Gasteiger partial charge on any atom is -0.496 e. The second-order valence-electron chi connectivity index (χ2n) is 7.13. The van der Waals surface area contributed by atoms with Crippen molar-refractivity contribution in [3.05, 3.63) is 41.0 Å². The number of nitrogens with one attached hydrogen (secondary N) is 1. The third kappa shape index (κ3) is 3.52. The highest BCUT2D eigenvalue weighted by Crippen LogP contribution is 2.34. The molecule has 5 nitrogen and oxygen atoms in total. The molecule has 0 amide bonds. The molecule has 3 heterocycles. The van der Waals surface area contributed by atoms with Crippen LogP contribution in [0.3, 0.4) is 0 Å². The zero-order valence-electron chi connectivity index (χ0n) is 15.2. The fraction of sp³-hybridized carbons (Fsp3) is 0.550. The number of aryl methyl sites for hydroxylation is 2. The topological polar surface area (TPSA) is 48.3 Å². The molecular formula is C20H27N3O2. The van der Waals surface area contributed by atoms with Crippen LogP contribution in [0.1, 0.15) is 42.4 Å². The predicted molar refractivity (Wildman–Crippen MR) is 97.4 cm³/mol. The number of hydrogen-bond donors (Lipinski definition) is 1. The van der Waals surface area contributed by atoms with Gasteiger partial charge in [-0.3, -0.25) is 0 Å². The molecule has 1 aromatic carbocycles. The van der Waals surface area contributed by atoms with Crippen LogP contribution in [-0.4, -0.2) is 29.3 Å². The average molecular weight is 341 g/mol. The van der Waals surface area contributed by atoms with Gasteiger partial charge in [-0.2, -0.15) is 0 Å². The number of aromatic nitrogens is 2. The van der Waals surface area contributed by atoms with E-state index in [1.807, 2.05) is 0 Å². The Hall–Kier alpha value is -2.01. The zero-order chi connectivity index (χ0) is 17.2. The van der Waals surface area contributed by atoms with Gasteiger partial charge in [0, 0.05) is 56.2 Å². The van der Waals surface area contributed by atoms with Gasteiger partial charge in [0.1, 0.15) is 23.4 Å². The van der Waals surface area contributed by atoms with Gasteiger partial charge in [-0.1, -0.05) is 0 Å². The van der Waals surface area contributed by atoms with Crippen LogP contribution in [0.2, 0.25) is 0 Å². The van der Waals surface area contributed by atoms with Crippen LogP contribution in [0, 0.1) is 0 Å². The number of fused-ring (bicyclic) bond motifs is 2. The SMILES string of the molecule is COc1cc2c(cc1CNCCc1cn3c(n1)CCCC3)O[C@@H](C)C2. The smallest absolute Gasteiger partial charge is 0.123 e. The lowest BCUT2D eigenvalue weighted by Gasteiger charge is -2.12. The van der Waals surface area contributed by atoms with Crippen molar-refractivity contribution in [3.63, 3.8) is 0 Å². The maximum Gasteiger partial charge on any atom is 0.123 e. The summed E-state index contributed by atoms with van der Waals surface area (Å²) in [4.78, 5) is 4.76. The lowest BCUT2D eigenvalue weighted by Crippen LogP contribution is -2.17. The monoisotopic (exact) mass is 341 g/mol. The molecule has 0 bridgehead atoms. The van der Waals surface area contributed by atoms with Crippen molar-refractivity contribution in [3.8, 4) is 11.5 Å². The number of benzene rings is 1. The Bertz CT molecular complexity index is 730. The Labute approximate surface area is 149 Å². The summed E-state index contributed by atoms with van der Waals surface area (Å²) in [5.74, 6) is 3.21. The Morgan fingerprint density at radius 3 is 3.12 bits per heavy atom. The molecule has 0 saturated heterocycles. The summed E-state index contributed by atoms with van der Waals surface area (Å²) in [6.45, 7) is 4.92. The second kappa shape index (κ2) is 7.08. The minimum absolute atomic E-state index is 0.259. The highest BCUT2D eigenvalue weighted by atomic mass is 16.5. The van der Waals surface area contributed by atoms with Crippen molar-refractivity contribution in [2.45, 2.75) is 58.2 Å². The molecule has 0 saturated carbocycles. The molecule has 5 heteroatoms. The molecule has 1 atom stereocenters. The third-order valence-electron chi connectivity index (χ3n) is 5.13. The molecule has 4 rings (SSSR count). The average Bonchev–Trinajstić information content (AvgIpc) is 3.19. The normalized spacial score (nSPS) is 18.6. The Balaban J connectivity index is 1.34. The maximum atomic E-state index is 5.87. The molecule has 0 aliphatic carbocycles. The Kier molecular flexibility index (Phi) is 4.66. The number of methoxy groups -OCH3 is 1. The quantitative estimate of drug-likeness (QED) is 0.821. The van der Waals surface area contributed by atoms with E-state index in [1.54, 1.807) is 7.11 Å². The van der Waals surface area contributed by atoms with Gasteiger partial charge in [-0.15, -0.1) is 0 Å². The standard InChI is InChI=1S/C20H27N3O2/c1-14-9-15-10-18(24-2)16(11-19(15)25-14)12-21-7-6-17-13-23-8-4-3-5-20(23)22-17/h10-11,13-14,21H,3-9,12H2,1-2H3/t14-/m0/s1. The number of hydrogen-bond acceptors (Lipinski definition) is 4. The van der Waals surface area contributed by atoms with E-state index in [0.29, 0.717) is 0 Å². The van der Waals surface area contributed by atoms with Gasteiger partial charge in [-0.25, -0.2) is 4.98 Å². The number of ether oxygens (including phenoxy) is 2. The van der Waals surface area contributed by atoms with Crippen molar-refractivity contribution in [2.75, 3.05) is 13.7 Å². The first-order valence-corrected chi connectivity index (χ1v) is 9.35. The van der Waals surface area contributed by atoms with E-state index in [9.17, 15) is 0 Å². The van der Waals surface area contributed by atoms with Gasteiger partial charge in [0.15, 0.2) is 0 Å². The van der Waals surface area contributed by atoms with Gasteiger partial charge >= 0.3 is 0 Å². The summed E-state index contributed by atoms with van der Waals surface area (Å²) in [5, 5.41) is 3.52. The van der Waals surface area contributed by atoms with Crippen LogP contribution >= 0.6 is 0 Å². The molecule has 2 aromatic rings. The summed E-state index contributed by atoms with van der Waals surface area (Å²) in [6.07, 6.45) is 8.08. The highest BCUT2D eigenvalue weighted by molar-refractivity contribution is 5.48. The Morgan fingerprint density at radius 2 is 2.28 bits per heavy atom. The van der Waals surface area contributed by atoms with E-state index in [-0.39, 0.29) is 6.10 Å². The van der Waals surface area contributed by atoms with Crippen LogP contribution in [0.4, 0.5) is 0 Å². The van der Waals surface area contributed by atoms with Crippen molar-refractivity contribution in [1.82, 2.24) is 14.9 Å². The summed E-state index contributed by atoms with van der Waals surface area (Å²) in [5.41, 5.74) is 3.60. The van der Waals surface area contributed by atoms with E-state index >= 15 is 0 Å². The summed E-state index contributed by atoms with van der Waals surface area (Å²) < 4.78 is 13.8. The number of imidazole rings is 1. The van der Waals surface area contributed by atoms with Crippen LogP contribution in [-0.2, 0) is 32.4 Å². The number of nitrogens with zero attached hydrogens (tertiary/aromatic N) is 2. The van der Waals surface area contributed by atoms with E-state index in [2.05, 4.69) is 35.1 Å². The molecule has 0 spiro atoms. The first-order chi connectivity index (χ1) is 12.2. The molecule has 1 aromatic heterocycles. The number of rotatable bonds is 6. The third-order valence-corrected chi connectivity index (χ3v) is 5.13. The fourth-order valence-electron chi connectivity index (χ4n) is 3.84. The first-order valence-electron chi connectivity index (χ1n) is 9.35. The Morgan fingerprint density at radius 1 is 1.36 bits per heavy atom. The first kappa shape index (κ1) is 16.5. The van der Waals surface area contributed by atoms with Crippen molar-refractivity contribution >= 4 is 0 Å². The van der Waals surface area contributed by atoms with Crippen LogP contribution in [0.15, 0.2) is 18.3 Å². The lowest BCUT2D eigenvalue weighted by atomic mass is 10.1. The van der Waals surface area contributed by atoms with Crippen molar-refractivity contribution in [1.29, 1.82) is 0 Å². The van der Waals surface area contributed by atoms with Gasteiger partial charge in [0.2, 0.25) is 0 Å². The molecule has 0 unspecified atom stereocenters. The van der Waals surface area contributed by atoms with Crippen molar-refractivity contribution < 1.29 is 9.47 Å². The lowest BCUT2D eigenvalue weighted by molar-refractivity contribution is 0.254. The maximum absolute atomic E-state index is 5.87. The van der Waals surface area contributed by atoms with Gasteiger partial charge in [0.05, 0.1) is 12.8 Å². The van der Waals surface area contributed by atoms with Gasteiger partial charge < -0.3 is 19.4 Å². The molecule has 2 aliphatic rings. The summed E-state index contributed by atoms with van der Waals surface area (Å²) in [7, 11) is 1.74. The van der Waals surface area contributed by atoms with E-state index in [1.165, 1.54) is 29.9 Å². The molecule has 0 radical (unpaired) electrons. The zero-order valence-corrected chi connectivity index (χ0v) is 15.2.